The van der Waals surface area contributed by atoms with E-state index in [-0.39, 0.29) is 37.6 Å². The molecule has 28 heavy (non-hydrogen) atoms. The van der Waals surface area contributed by atoms with E-state index >= 15 is 0 Å². The van der Waals surface area contributed by atoms with Crippen LogP contribution in [0.5, 0.6) is 5.75 Å². The lowest BCUT2D eigenvalue weighted by atomic mass is 10.0. The number of nitrogens with two attached hydrogens (primary N) is 3. The van der Waals surface area contributed by atoms with Gasteiger partial charge in [0, 0.05) is 13.0 Å². The van der Waals surface area contributed by atoms with Crippen LogP contribution in [0.15, 0.2) is 29.3 Å². The number of hydrogen-bond donors (Lipinski definition) is 7. The molecule has 0 heterocycles. The fourth-order valence-electron chi connectivity index (χ4n) is 2.36. The van der Waals surface area contributed by atoms with Crippen LogP contribution in [0, 0.1) is 0 Å². The minimum atomic E-state index is -1.22. The lowest BCUT2D eigenvalue weighted by Gasteiger charge is -2.21. The average molecular weight is 394 g/mol. The highest BCUT2D eigenvalue weighted by Crippen LogP contribution is 2.12. The molecule has 0 saturated carbocycles. The Morgan fingerprint density at radius 3 is 2.25 bits per heavy atom. The Kier molecular flexibility index (Phi) is 9.23. The number of benzene rings is 1. The van der Waals surface area contributed by atoms with Gasteiger partial charge in [0.1, 0.15) is 17.8 Å². The number of nitrogens with zero attached hydrogens (tertiary/aromatic N) is 1. The second-order valence-electron chi connectivity index (χ2n) is 6.04. The van der Waals surface area contributed by atoms with Crippen molar-refractivity contribution in [2.75, 3.05) is 13.1 Å². The summed E-state index contributed by atoms with van der Waals surface area (Å²) in [4.78, 5) is 39.4. The van der Waals surface area contributed by atoms with Gasteiger partial charge >= 0.3 is 5.97 Å². The molecule has 11 nitrogen and oxygen atoms in total. The molecule has 11 heteroatoms. The van der Waals surface area contributed by atoms with Gasteiger partial charge in [-0.25, -0.2) is 4.79 Å². The lowest BCUT2D eigenvalue weighted by Crippen LogP contribution is -2.53. The summed E-state index contributed by atoms with van der Waals surface area (Å²) in [7, 11) is 0. The van der Waals surface area contributed by atoms with Crippen molar-refractivity contribution in [3.63, 3.8) is 0 Å². The molecule has 0 spiro atoms. The molecule has 0 radical (unpaired) electrons. The first-order valence-electron chi connectivity index (χ1n) is 8.58. The molecule has 0 aliphatic carbocycles. The van der Waals surface area contributed by atoms with Gasteiger partial charge in [0.15, 0.2) is 5.96 Å². The molecule has 2 amide bonds. The largest absolute Gasteiger partial charge is 0.508 e. The maximum atomic E-state index is 12.6. The Balaban J connectivity index is 2.80. The van der Waals surface area contributed by atoms with E-state index in [1.165, 1.54) is 12.1 Å². The van der Waals surface area contributed by atoms with Crippen molar-refractivity contribution in [1.82, 2.24) is 10.6 Å². The number of phenols is 1. The Morgan fingerprint density at radius 2 is 1.71 bits per heavy atom. The topological polar surface area (TPSA) is 206 Å². The molecule has 0 saturated heterocycles. The van der Waals surface area contributed by atoms with Gasteiger partial charge in [0.05, 0.1) is 6.54 Å². The number of aliphatic carboxylic acids is 1. The zero-order chi connectivity index (χ0) is 21.1. The molecule has 1 aromatic rings. The maximum absolute atomic E-state index is 12.6. The van der Waals surface area contributed by atoms with Gasteiger partial charge < -0.3 is 38.0 Å². The van der Waals surface area contributed by atoms with Crippen LogP contribution in [0.2, 0.25) is 0 Å². The van der Waals surface area contributed by atoms with E-state index in [1.54, 1.807) is 12.1 Å². The number of carbonyl (C=O) groups excluding carboxylic acids is 2. The first-order valence-corrected chi connectivity index (χ1v) is 8.58. The number of carbonyl (C=O) groups is 3. The molecule has 154 valence electrons. The summed E-state index contributed by atoms with van der Waals surface area (Å²) in [5.41, 5.74) is 16.4. The average Bonchev–Trinajstić information content (AvgIpc) is 2.64. The quantitative estimate of drug-likeness (QED) is 0.127. The predicted molar refractivity (Wildman–Crippen MR) is 102 cm³/mol. The fraction of sp³-hybridized carbons (Fsp3) is 0.412. The molecule has 2 atom stereocenters. The van der Waals surface area contributed by atoms with E-state index in [4.69, 9.17) is 17.2 Å². The smallest absolute Gasteiger partial charge is 0.326 e. The molecule has 10 N–H and O–H groups in total. The van der Waals surface area contributed by atoms with Crippen LogP contribution in [0.1, 0.15) is 18.4 Å². The highest BCUT2D eigenvalue weighted by molar-refractivity contribution is 5.91. The highest BCUT2D eigenvalue weighted by atomic mass is 16.4. The minimum absolute atomic E-state index is 0.0578. The molecular formula is C17H26N6O5. The molecule has 1 rings (SSSR count). The maximum Gasteiger partial charge on any atom is 0.326 e. The van der Waals surface area contributed by atoms with Crippen molar-refractivity contribution >= 4 is 23.7 Å². The number of aromatic hydroxyl groups is 1. The number of nitrogens with one attached hydrogen (secondary N) is 2. The molecule has 0 aromatic heterocycles. The molecule has 0 bridgehead atoms. The number of rotatable bonds is 11. The summed E-state index contributed by atoms with van der Waals surface area (Å²) < 4.78 is 0. The summed E-state index contributed by atoms with van der Waals surface area (Å²) in [6, 6.07) is 3.87. The Labute approximate surface area is 162 Å². The van der Waals surface area contributed by atoms with Crippen LogP contribution in [0.25, 0.3) is 0 Å². The van der Waals surface area contributed by atoms with Crippen molar-refractivity contribution in [1.29, 1.82) is 0 Å². The number of carboxylic acids is 1. The van der Waals surface area contributed by atoms with Crippen molar-refractivity contribution in [3.05, 3.63) is 29.8 Å². The number of amides is 2. The number of carboxylic acid groups (broad SMARTS) is 1. The standard InChI is InChI=1S/C17H26N6O5/c18-9-14(25)22-13(8-10-3-5-11(24)6-4-10)15(26)23-12(16(27)28)2-1-7-21-17(19)20/h3-6,12-13,24H,1-2,7-9,18H2,(H,22,25)(H,23,26)(H,27,28)(H4,19,20,21)/t12-,13-/m0/s1. The summed E-state index contributed by atoms with van der Waals surface area (Å²) in [5.74, 6) is -2.48. The van der Waals surface area contributed by atoms with Gasteiger partial charge in [-0.15, -0.1) is 0 Å². The molecule has 0 aliphatic rings. The Bertz CT molecular complexity index is 702. The van der Waals surface area contributed by atoms with Crippen LogP contribution in [-0.4, -0.2) is 59.1 Å². The van der Waals surface area contributed by atoms with Crippen molar-refractivity contribution in [2.24, 2.45) is 22.2 Å². The predicted octanol–water partition coefficient (Wildman–Crippen LogP) is -2.00. The van der Waals surface area contributed by atoms with Gasteiger partial charge in [-0.1, -0.05) is 12.1 Å². The van der Waals surface area contributed by atoms with Crippen LogP contribution in [-0.2, 0) is 20.8 Å². The van der Waals surface area contributed by atoms with Gasteiger partial charge in [0.2, 0.25) is 11.8 Å². The fourth-order valence-corrected chi connectivity index (χ4v) is 2.36. The van der Waals surface area contributed by atoms with Crippen molar-refractivity contribution in [3.8, 4) is 5.75 Å². The SMILES string of the molecule is NCC(=O)N[C@@H](Cc1ccc(O)cc1)C(=O)N[C@@H](CCCN=C(N)N)C(=O)O. The van der Waals surface area contributed by atoms with Gasteiger partial charge in [-0.2, -0.15) is 0 Å². The first-order chi connectivity index (χ1) is 13.2. The van der Waals surface area contributed by atoms with Crippen LogP contribution in [0.4, 0.5) is 0 Å². The van der Waals surface area contributed by atoms with E-state index < -0.39 is 29.9 Å². The third-order valence-electron chi connectivity index (χ3n) is 3.77. The van der Waals surface area contributed by atoms with Crippen molar-refractivity contribution in [2.45, 2.75) is 31.3 Å². The van der Waals surface area contributed by atoms with Gasteiger partial charge in [-0.3, -0.25) is 14.6 Å². The van der Waals surface area contributed by atoms with Gasteiger partial charge in [-0.05, 0) is 30.5 Å². The second-order valence-corrected chi connectivity index (χ2v) is 6.04. The molecule has 0 fully saturated rings. The second kappa shape index (κ2) is 11.4. The third-order valence-corrected chi connectivity index (χ3v) is 3.77. The lowest BCUT2D eigenvalue weighted by molar-refractivity contribution is -0.142. The molecular weight excluding hydrogens is 368 g/mol. The summed E-state index contributed by atoms with van der Waals surface area (Å²) in [6.45, 7) is -0.0942. The van der Waals surface area contributed by atoms with E-state index in [0.29, 0.717) is 12.0 Å². The summed E-state index contributed by atoms with van der Waals surface area (Å²) >= 11 is 0. The minimum Gasteiger partial charge on any atom is -0.508 e. The highest BCUT2D eigenvalue weighted by Gasteiger charge is 2.26. The van der Waals surface area contributed by atoms with E-state index in [9.17, 15) is 24.6 Å². The monoisotopic (exact) mass is 394 g/mol. The normalized spacial score (nSPS) is 12.5. The Morgan fingerprint density at radius 1 is 1.07 bits per heavy atom. The summed E-state index contributed by atoms with van der Waals surface area (Å²) in [6.07, 6.45) is 0.541. The zero-order valence-corrected chi connectivity index (χ0v) is 15.3. The van der Waals surface area contributed by atoms with Crippen LogP contribution < -0.4 is 27.8 Å². The number of phenolic OH excluding ortho intramolecular Hbond substituents is 1. The Hall–Kier alpha value is -3.34. The molecule has 1 aromatic carbocycles. The molecule has 0 unspecified atom stereocenters. The summed E-state index contributed by atoms with van der Waals surface area (Å²) in [5, 5.41) is 23.6. The zero-order valence-electron chi connectivity index (χ0n) is 15.3. The molecule has 0 aliphatic heterocycles. The van der Waals surface area contributed by atoms with Crippen LogP contribution in [0.3, 0.4) is 0 Å². The van der Waals surface area contributed by atoms with E-state index in [0.717, 1.165) is 0 Å². The first kappa shape index (κ1) is 22.7. The number of aliphatic imine (C=N–C) groups is 1. The van der Waals surface area contributed by atoms with Gasteiger partial charge in [0.25, 0.3) is 0 Å². The van der Waals surface area contributed by atoms with E-state index in [2.05, 4.69) is 15.6 Å². The van der Waals surface area contributed by atoms with E-state index in [1.807, 2.05) is 0 Å². The third kappa shape index (κ3) is 8.36. The number of guanidine groups is 1. The van der Waals surface area contributed by atoms with Crippen LogP contribution >= 0.6 is 0 Å². The van der Waals surface area contributed by atoms with Crippen molar-refractivity contribution < 1.29 is 24.6 Å². The number of hydrogen-bond acceptors (Lipinski definition) is 6.